The molecule has 6 fully saturated rings. The summed E-state index contributed by atoms with van der Waals surface area (Å²) in [5, 5.41) is 24.3. The molecule has 0 radical (unpaired) electrons. The Morgan fingerprint density at radius 3 is 1.14 bits per heavy atom. The standard InChI is InChI=1S/C18H34N2O.C14H28N2O.C14H22N2O.2C13H26N2O.C12H24N2O.C11H24N2O/c1-15(2)18(21)19-13-14-20(16-9-5-3-6-10-16)17-11-7-4-8-12-17;1-12(2)14(17)15-10-7-11-16(3)13-8-5-4-6-9-13;1-12(2)14(17)15-9-10-16(3)11-13-7-5-4-6-8-13;1-11(2)13(16)14-7-4-8-15-9-5-12(3)6-10-15;1-11(2)13(16)14-7-5-9-15-8-4-6-12(3)10-15;1-10(2)12(15)14-9-8-13-11-6-4-3-5-7-11;1-9(2)10(14)12-7-8-13(6)11(3,4)5/h15-17H,3-14H2,1-2H3,(H,19,21);12-13H,4-11H2,1-3H3,(H,15,17);4-8,12H,9-11H2,1-3H3,(H,15,17);2*11-12H,4-10H2,1-3H3,(H,14,16);10-11,13H,3-9H2,1-2H3,(H,14,15);9H,7-8H2,1-6H3,(H,12,14). The Balaban J connectivity index is 0.000000679. The highest BCUT2D eigenvalue weighted by Crippen LogP contribution is 2.30. The fraction of sp³-hybridized carbons (Fsp3) is 0.863. The number of carbonyl (C=O) groups is 7. The Kier molecular flexibility index (Phi) is 62.1. The molecule has 2 saturated heterocycles. The first-order valence-corrected chi connectivity index (χ1v) is 47.0. The summed E-state index contributed by atoms with van der Waals surface area (Å²) in [5.41, 5.74) is 1.47. The molecule has 1 aromatic carbocycles. The Bertz CT molecular complexity index is 2630. The number of nitrogens with one attached hydrogen (secondary N) is 8. The van der Waals surface area contributed by atoms with Crippen molar-refractivity contribution in [1.82, 2.24) is 71.9 Å². The zero-order chi connectivity index (χ0) is 86.8. The van der Waals surface area contributed by atoms with E-state index in [9.17, 15) is 33.6 Å². The lowest BCUT2D eigenvalue weighted by Gasteiger charge is -2.41. The molecule has 4 aliphatic carbocycles. The van der Waals surface area contributed by atoms with Crippen LogP contribution in [0, 0.1) is 53.3 Å². The minimum absolute atomic E-state index is 0.0643. The minimum atomic E-state index is 0.0643. The molecule has 21 nitrogen and oxygen atoms in total. The lowest BCUT2D eigenvalue weighted by atomic mass is 9.88. The van der Waals surface area contributed by atoms with E-state index in [0.29, 0.717) is 12.6 Å². The second kappa shape index (κ2) is 65.9. The molecular weight excluding hydrogens is 1450 g/mol. The number of benzene rings is 1. The van der Waals surface area contributed by atoms with Gasteiger partial charge in [-0.2, -0.15) is 0 Å². The van der Waals surface area contributed by atoms with Crippen LogP contribution in [0.3, 0.4) is 0 Å². The lowest BCUT2D eigenvalue weighted by molar-refractivity contribution is -0.124. The zero-order valence-electron chi connectivity index (χ0n) is 79.0. The van der Waals surface area contributed by atoms with Crippen LogP contribution in [0.2, 0.25) is 0 Å². The van der Waals surface area contributed by atoms with E-state index in [0.717, 1.165) is 141 Å². The van der Waals surface area contributed by atoms with Gasteiger partial charge in [-0.3, -0.25) is 43.4 Å². The van der Waals surface area contributed by atoms with Gasteiger partial charge in [-0.15, -0.1) is 0 Å². The number of carbonyl (C=O) groups excluding carboxylic acids is 7. The molecule has 1 aromatic rings. The number of likely N-dealkylation sites (tertiary alicyclic amines) is 2. The Hall–Kier alpha value is -4.77. The van der Waals surface area contributed by atoms with E-state index >= 15 is 0 Å². The molecule has 2 heterocycles. The van der Waals surface area contributed by atoms with Crippen LogP contribution in [-0.2, 0) is 40.1 Å². The van der Waals surface area contributed by atoms with Gasteiger partial charge in [-0.25, -0.2) is 0 Å². The van der Waals surface area contributed by atoms with Gasteiger partial charge < -0.3 is 62.1 Å². The van der Waals surface area contributed by atoms with Crippen molar-refractivity contribution in [2.24, 2.45) is 53.3 Å². The second-order valence-electron chi connectivity index (χ2n) is 38.0. The summed E-state index contributed by atoms with van der Waals surface area (Å²) in [4.78, 5) is 94.3. The summed E-state index contributed by atoms with van der Waals surface area (Å²) >= 11 is 0. The monoisotopic (exact) mass is 1630 g/mol. The van der Waals surface area contributed by atoms with Gasteiger partial charge in [0, 0.05) is 156 Å². The zero-order valence-corrected chi connectivity index (χ0v) is 79.0. The quantitative estimate of drug-likeness (QED) is 0.0290. The van der Waals surface area contributed by atoms with E-state index in [4.69, 9.17) is 0 Å². The number of hydrogen-bond acceptors (Lipinski definition) is 14. The van der Waals surface area contributed by atoms with Crippen LogP contribution in [0.1, 0.15) is 310 Å². The van der Waals surface area contributed by atoms with Crippen LogP contribution in [-0.4, -0.2) is 239 Å². The molecule has 2 aliphatic heterocycles. The van der Waals surface area contributed by atoms with Gasteiger partial charge in [-0.1, -0.05) is 218 Å². The molecule has 8 N–H and O–H groups in total. The Labute approximate surface area is 712 Å². The summed E-state index contributed by atoms with van der Waals surface area (Å²) in [5.74, 6) is 3.53. The highest BCUT2D eigenvalue weighted by atomic mass is 16.2. The second-order valence-corrected chi connectivity index (χ2v) is 38.0. The maximum absolute atomic E-state index is 11.7. The number of likely N-dealkylation sites (N-methyl/N-ethyl adjacent to an activating group) is 2. The highest BCUT2D eigenvalue weighted by molar-refractivity contribution is 5.80. The molecule has 0 aromatic heterocycles. The van der Waals surface area contributed by atoms with E-state index in [1.807, 2.05) is 115 Å². The van der Waals surface area contributed by atoms with E-state index in [2.05, 4.69) is 140 Å². The number of piperidine rings is 2. The summed E-state index contributed by atoms with van der Waals surface area (Å²) in [6.07, 6.45) is 36.1. The van der Waals surface area contributed by atoms with Gasteiger partial charge in [0.1, 0.15) is 0 Å². The number of nitrogens with zero attached hydrogens (tertiary/aromatic N) is 6. The van der Waals surface area contributed by atoms with Crippen molar-refractivity contribution < 1.29 is 33.6 Å². The fourth-order valence-electron chi connectivity index (χ4n) is 15.1. The lowest BCUT2D eigenvalue weighted by Crippen LogP contribution is -2.48. The Morgan fingerprint density at radius 2 is 0.733 bits per heavy atom. The molecule has 4 saturated carbocycles. The number of hydrogen-bond donors (Lipinski definition) is 8. The molecule has 0 spiro atoms. The van der Waals surface area contributed by atoms with Crippen molar-refractivity contribution >= 4 is 41.4 Å². The van der Waals surface area contributed by atoms with Crippen molar-refractivity contribution in [3.63, 3.8) is 0 Å². The average molecular weight is 1630 g/mol. The predicted octanol–water partition coefficient (Wildman–Crippen LogP) is 15.0. The number of rotatable bonds is 37. The van der Waals surface area contributed by atoms with Crippen molar-refractivity contribution in [2.75, 3.05) is 139 Å². The molecule has 1 atom stereocenters. The predicted molar refractivity (Wildman–Crippen MR) is 488 cm³/mol. The first-order chi connectivity index (χ1) is 55.0. The molecule has 116 heavy (non-hydrogen) atoms. The van der Waals surface area contributed by atoms with Crippen molar-refractivity contribution in [2.45, 2.75) is 341 Å². The van der Waals surface area contributed by atoms with E-state index in [-0.39, 0.29) is 88.3 Å². The largest absolute Gasteiger partial charge is 0.356 e. The van der Waals surface area contributed by atoms with Gasteiger partial charge in [0.2, 0.25) is 41.4 Å². The molecule has 7 rings (SSSR count). The van der Waals surface area contributed by atoms with Gasteiger partial charge in [-0.05, 0) is 195 Å². The van der Waals surface area contributed by atoms with Gasteiger partial charge in [0.15, 0.2) is 0 Å². The summed E-state index contributed by atoms with van der Waals surface area (Å²) in [7, 11) is 6.36. The maximum Gasteiger partial charge on any atom is 0.222 e. The molecule has 0 bridgehead atoms. The first-order valence-electron chi connectivity index (χ1n) is 47.0. The van der Waals surface area contributed by atoms with E-state index in [1.54, 1.807) is 0 Å². The van der Waals surface area contributed by atoms with Gasteiger partial charge in [0.25, 0.3) is 0 Å². The Morgan fingerprint density at radius 1 is 0.371 bits per heavy atom. The maximum atomic E-state index is 11.7. The van der Waals surface area contributed by atoms with Crippen LogP contribution in [0.25, 0.3) is 0 Å². The topological polar surface area (TPSA) is 235 Å². The third-order valence-corrected chi connectivity index (χ3v) is 23.6. The molecular formula is C95H184N14O7. The summed E-state index contributed by atoms with van der Waals surface area (Å²) in [6, 6.07) is 13.4. The molecule has 21 heteroatoms. The van der Waals surface area contributed by atoms with Crippen LogP contribution < -0.4 is 42.5 Å². The van der Waals surface area contributed by atoms with Crippen LogP contribution in [0.15, 0.2) is 30.3 Å². The molecule has 6 aliphatic rings. The van der Waals surface area contributed by atoms with Crippen molar-refractivity contribution in [3.05, 3.63) is 35.9 Å². The van der Waals surface area contributed by atoms with Crippen LogP contribution in [0.4, 0.5) is 0 Å². The fourth-order valence-corrected chi connectivity index (χ4v) is 15.1. The third-order valence-electron chi connectivity index (χ3n) is 23.6. The SMILES string of the molecule is CC(C)C(=O)NCCCN(C)C1CCCCC1.CC(C)C(=O)NCCN(C)C(C)(C)C.CC(C)C(=O)NCCN(C)Cc1ccccc1.CC(C)C(=O)NCCN(C1CCCCC1)C1CCCCC1.CC(C)C(=O)NCCNC1CCCCC1.CC1CCCN(CCCNC(=O)C(C)C)C1.CC1CCN(CCCNC(=O)C(C)C)CC1. The highest BCUT2D eigenvalue weighted by Gasteiger charge is 2.29. The van der Waals surface area contributed by atoms with Crippen LogP contribution >= 0.6 is 0 Å². The molecule has 7 amide bonds. The van der Waals surface area contributed by atoms with Crippen molar-refractivity contribution in [1.29, 1.82) is 0 Å². The van der Waals surface area contributed by atoms with Crippen molar-refractivity contribution in [3.8, 4) is 0 Å². The van der Waals surface area contributed by atoms with Crippen LogP contribution in [0.5, 0.6) is 0 Å². The van der Waals surface area contributed by atoms with Gasteiger partial charge in [0.05, 0.1) is 0 Å². The average Bonchev–Trinajstić information content (AvgIpc) is 0.848. The smallest absolute Gasteiger partial charge is 0.222 e. The molecule has 1 unspecified atom stereocenters. The minimum Gasteiger partial charge on any atom is -0.356 e. The first kappa shape index (κ1) is 109. The number of amides is 7. The molecule has 676 valence electrons. The third kappa shape index (κ3) is 55.9. The normalized spacial score (nSPS) is 17.7. The van der Waals surface area contributed by atoms with E-state index < -0.39 is 0 Å². The van der Waals surface area contributed by atoms with E-state index in [1.165, 1.54) is 186 Å². The van der Waals surface area contributed by atoms with Gasteiger partial charge >= 0.3 is 0 Å². The summed E-state index contributed by atoms with van der Waals surface area (Å²) < 4.78 is 0. The summed E-state index contributed by atoms with van der Waals surface area (Å²) in [6.45, 7) is 56.6.